The summed E-state index contributed by atoms with van der Waals surface area (Å²) in [4.78, 5) is 12.5. The van der Waals surface area contributed by atoms with Gasteiger partial charge in [-0.15, -0.1) is 0 Å². The molecule has 27 heavy (non-hydrogen) atoms. The molecule has 2 aromatic rings. The fourth-order valence-corrected chi connectivity index (χ4v) is 3.58. The van der Waals surface area contributed by atoms with E-state index in [0.29, 0.717) is 23.7 Å². The zero-order valence-corrected chi connectivity index (χ0v) is 18.1. The van der Waals surface area contributed by atoms with Gasteiger partial charge in [0, 0.05) is 0 Å². The van der Waals surface area contributed by atoms with Crippen molar-refractivity contribution in [3.63, 3.8) is 0 Å². The summed E-state index contributed by atoms with van der Waals surface area (Å²) in [5, 5.41) is 12.6. The summed E-state index contributed by atoms with van der Waals surface area (Å²) < 4.78 is 11.7. The van der Waals surface area contributed by atoms with E-state index in [-0.39, 0.29) is 21.3 Å². The number of nitrogens with one attached hydrogen (secondary N) is 1. The number of methoxy groups -OCH3 is 1. The third-order valence-electron chi connectivity index (χ3n) is 3.41. The fourth-order valence-electron chi connectivity index (χ4n) is 2.25. The van der Waals surface area contributed by atoms with Crippen LogP contribution in [0.5, 0.6) is 11.5 Å². The van der Waals surface area contributed by atoms with E-state index >= 15 is 0 Å². The number of carbonyl (C=O) groups is 1. The Kier molecular flexibility index (Phi) is 7.78. The number of rotatable bonds is 6. The molecule has 1 N–H and O–H groups in total. The summed E-state index contributed by atoms with van der Waals surface area (Å²) >= 11 is 14.2. The maximum atomic E-state index is 12.5. The van der Waals surface area contributed by atoms with Crippen molar-refractivity contribution in [1.29, 1.82) is 5.26 Å². The predicted octanol–water partition coefficient (Wildman–Crippen LogP) is 5.55. The zero-order valence-electron chi connectivity index (χ0n) is 14.5. The third-order valence-corrected chi connectivity index (χ3v) is 4.84. The Bertz CT molecular complexity index is 919. The van der Waals surface area contributed by atoms with Gasteiger partial charge in [0.1, 0.15) is 11.6 Å². The lowest BCUT2D eigenvalue weighted by Gasteiger charge is -2.12. The fraction of sp³-hybridized carbons (Fsp3) is 0.158. The largest absolute Gasteiger partial charge is 0.492 e. The topological polar surface area (TPSA) is 71.3 Å². The number of halogens is 3. The van der Waals surface area contributed by atoms with Crippen molar-refractivity contribution >= 4 is 63.5 Å². The highest BCUT2D eigenvalue weighted by Crippen LogP contribution is 2.35. The van der Waals surface area contributed by atoms with Crippen LogP contribution in [-0.2, 0) is 4.79 Å². The number of carbonyl (C=O) groups excluding carboxylic acids is 1. The molecule has 0 heterocycles. The molecule has 0 atom stereocenters. The van der Waals surface area contributed by atoms with Gasteiger partial charge in [-0.25, -0.2) is 0 Å². The number of ether oxygens (including phenoxy) is 2. The normalized spacial score (nSPS) is 10.9. The molecule has 0 aromatic heterocycles. The van der Waals surface area contributed by atoms with Gasteiger partial charge in [0.05, 0.1) is 33.0 Å². The van der Waals surface area contributed by atoms with Gasteiger partial charge in [-0.2, -0.15) is 5.26 Å². The SMILES string of the molecule is CCOc1cc(/C=C(\C#N)C(=O)Nc2c(Cl)cccc2Cl)cc(I)c1OC. The number of amides is 1. The Hall–Kier alpha value is -1.95. The number of para-hydroxylation sites is 1. The smallest absolute Gasteiger partial charge is 0.266 e. The van der Waals surface area contributed by atoms with Gasteiger partial charge in [0.2, 0.25) is 0 Å². The van der Waals surface area contributed by atoms with Crippen LogP contribution < -0.4 is 14.8 Å². The highest BCUT2D eigenvalue weighted by Gasteiger charge is 2.15. The molecule has 2 rings (SSSR count). The average Bonchev–Trinajstić information content (AvgIpc) is 2.63. The van der Waals surface area contributed by atoms with Crippen molar-refractivity contribution in [2.24, 2.45) is 0 Å². The Morgan fingerprint density at radius 2 is 2.00 bits per heavy atom. The molecule has 2 aromatic carbocycles. The first-order valence-electron chi connectivity index (χ1n) is 7.78. The van der Waals surface area contributed by atoms with Gasteiger partial charge in [-0.3, -0.25) is 4.79 Å². The van der Waals surface area contributed by atoms with Gasteiger partial charge in [0.15, 0.2) is 11.5 Å². The van der Waals surface area contributed by atoms with E-state index in [0.717, 1.165) is 3.57 Å². The first kappa shape index (κ1) is 21.4. The molecule has 0 unspecified atom stereocenters. The Balaban J connectivity index is 2.38. The molecule has 0 radical (unpaired) electrons. The van der Waals surface area contributed by atoms with E-state index < -0.39 is 5.91 Å². The minimum Gasteiger partial charge on any atom is -0.492 e. The van der Waals surface area contributed by atoms with E-state index in [1.54, 1.807) is 37.4 Å². The molecule has 140 valence electrons. The molecule has 0 aliphatic rings. The van der Waals surface area contributed by atoms with Gasteiger partial charge in [-0.05, 0) is 65.4 Å². The molecule has 8 heteroatoms. The lowest BCUT2D eigenvalue weighted by Crippen LogP contribution is -2.14. The Labute approximate surface area is 181 Å². The number of nitrogens with zero attached hydrogens (tertiary/aromatic N) is 1. The summed E-state index contributed by atoms with van der Waals surface area (Å²) in [6.45, 7) is 2.31. The van der Waals surface area contributed by atoms with E-state index in [1.807, 2.05) is 13.0 Å². The van der Waals surface area contributed by atoms with Crippen molar-refractivity contribution in [1.82, 2.24) is 0 Å². The summed E-state index contributed by atoms with van der Waals surface area (Å²) in [6, 6.07) is 10.2. The molecular formula is C19H15Cl2IN2O3. The molecule has 0 aliphatic carbocycles. The minimum absolute atomic E-state index is 0.102. The average molecular weight is 517 g/mol. The second-order valence-corrected chi connectivity index (χ2v) is 7.16. The van der Waals surface area contributed by atoms with Crippen LogP contribution in [0.4, 0.5) is 5.69 Å². The lowest BCUT2D eigenvalue weighted by molar-refractivity contribution is -0.112. The number of nitriles is 1. The minimum atomic E-state index is -0.615. The van der Waals surface area contributed by atoms with Crippen LogP contribution in [0.25, 0.3) is 6.08 Å². The van der Waals surface area contributed by atoms with Gasteiger partial charge in [0.25, 0.3) is 5.91 Å². The molecule has 0 bridgehead atoms. The first-order valence-corrected chi connectivity index (χ1v) is 9.62. The number of hydrogen-bond acceptors (Lipinski definition) is 4. The van der Waals surface area contributed by atoms with Crippen molar-refractivity contribution in [3.05, 3.63) is 55.1 Å². The summed E-state index contributed by atoms with van der Waals surface area (Å²) in [5.41, 5.74) is 0.779. The molecular weight excluding hydrogens is 502 g/mol. The maximum Gasteiger partial charge on any atom is 0.266 e. The van der Waals surface area contributed by atoms with Crippen molar-refractivity contribution < 1.29 is 14.3 Å². The van der Waals surface area contributed by atoms with Crippen LogP contribution in [0.1, 0.15) is 12.5 Å². The van der Waals surface area contributed by atoms with Gasteiger partial charge >= 0.3 is 0 Å². The summed E-state index contributed by atoms with van der Waals surface area (Å²) in [7, 11) is 1.55. The van der Waals surface area contributed by atoms with Crippen LogP contribution in [0.15, 0.2) is 35.9 Å². The highest BCUT2D eigenvalue weighted by molar-refractivity contribution is 14.1. The molecule has 0 saturated carbocycles. The Morgan fingerprint density at radius 3 is 2.56 bits per heavy atom. The lowest BCUT2D eigenvalue weighted by atomic mass is 10.1. The molecule has 0 fully saturated rings. The second-order valence-electron chi connectivity index (χ2n) is 5.19. The van der Waals surface area contributed by atoms with E-state index in [9.17, 15) is 10.1 Å². The van der Waals surface area contributed by atoms with Gasteiger partial charge in [-0.1, -0.05) is 29.3 Å². The highest BCUT2D eigenvalue weighted by atomic mass is 127. The maximum absolute atomic E-state index is 12.5. The van der Waals surface area contributed by atoms with Crippen LogP contribution in [0, 0.1) is 14.9 Å². The molecule has 0 saturated heterocycles. The van der Waals surface area contributed by atoms with Crippen molar-refractivity contribution in [2.75, 3.05) is 19.0 Å². The molecule has 0 aliphatic heterocycles. The zero-order chi connectivity index (χ0) is 20.0. The van der Waals surface area contributed by atoms with Gasteiger partial charge < -0.3 is 14.8 Å². The summed E-state index contributed by atoms with van der Waals surface area (Å²) in [6.07, 6.45) is 1.46. The summed E-state index contributed by atoms with van der Waals surface area (Å²) in [5.74, 6) is 0.515. The van der Waals surface area contributed by atoms with Crippen molar-refractivity contribution in [3.8, 4) is 17.6 Å². The van der Waals surface area contributed by atoms with Crippen LogP contribution in [0.3, 0.4) is 0 Å². The molecule has 0 spiro atoms. The van der Waals surface area contributed by atoms with Crippen molar-refractivity contribution in [2.45, 2.75) is 6.92 Å². The standard InChI is InChI=1S/C19H15Cl2IN2O3/c1-3-27-16-9-11(8-15(22)18(16)26-2)7-12(10-23)19(25)24-17-13(20)5-4-6-14(17)21/h4-9H,3H2,1-2H3,(H,24,25)/b12-7+. The molecule has 1 amide bonds. The number of anilines is 1. The van der Waals surface area contributed by atoms with Crippen LogP contribution in [0.2, 0.25) is 10.0 Å². The van der Waals surface area contributed by atoms with E-state index in [4.69, 9.17) is 32.7 Å². The quantitative estimate of drug-likeness (QED) is 0.310. The van der Waals surface area contributed by atoms with Crippen LogP contribution >= 0.6 is 45.8 Å². The third kappa shape index (κ3) is 5.28. The van der Waals surface area contributed by atoms with E-state index in [1.165, 1.54) is 6.08 Å². The first-order chi connectivity index (χ1) is 12.9. The predicted molar refractivity (Wildman–Crippen MR) is 116 cm³/mol. The Morgan fingerprint density at radius 1 is 1.33 bits per heavy atom. The van der Waals surface area contributed by atoms with E-state index in [2.05, 4.69) is 27.9 Å². The van der Waals surface area contributed by atoms with Crippen LogP contribution in [-0.4, -0.2) is 19.6 Å². The number of hydrogen-bond donors (Lipinski definition) is 1. The monoisotopic (exact) mass is 516 g/mol. The molecule has 5 nitrogen and oxygen atoms in total. The second kappa shape index (κ2) is 9.83. The number of benzene rings is 2.